The van der Waals surface area contributed by atoms with Crippen molar-refractivity contribution < 1.29 is 23.5 Å². The molecule has 6 nitrogen and oxygen atoms in total. The summed E-state index contributed by atoms with van der Waals surface area (Å²) in [5.41, 5.74) is 1.69. The summed E-state index contributed by atoms with van der Waals surface area (Å²) in [5.74, 6) is 0.0309. The van der Waals surface area contributed by atoms with Crippen LogP contribution in [0.1, 0.15) is 31.2 Å². The van der Waals surface area contributed by atoms with Crippen LogP contribution in [0.25, 0.3) is 0 Å². The van der Waals surface area contributed by atoms with Crippen molar-refractivity contribution in [3.05, 3.63) is 74.9 Å². The Morgan fingerprint density at radius 2 is 1.94 bits per heavy atom. The van der Waals surface area contributed by atoms with Gasteiger partial charge in [-0.1, -0.05) is 23.7 Å². The van der Waals surface area contributed by atoms with Gasteiger partial charge in [-0.25, -0.2) is 4.39 Å². The molecule has 31 heavy (non-hydrogen) atoms. The van der Waals surface area contributed by atoms with E-state index in [-0.39, 0.29) is 23.0 Å². The van der Waals surface area contributed by atoms with E-state index in [2.05, 4.69) is 10.6 Å². The number of aryl methyl sites for hydroxylation is 1. The fraction of sp³-hybridized carbons (Fsp3) is 0.182. The SMILES string of the molecule is Cc1cc(NC(=O)c2ccc(F)cc2Cl)sc1C(=O)NCc1cccc2c1OCCO2. The minimum Gasteiger partial charge on any atom is -0.486 e. The Morgan fingerprint density at radius 1 is 1.13 bits per heavy atom. The lowest BCUT2D eigenvalue weighted by Gasteiger charge is -2.21. The molecule has 0 unspecified atom stereocenters. The van der Waals surface area contributed by atoms with Crippen LogP contribution in [0.15, 0.2) is 42.5 Å². The highest BCUT2D eigenvalue weighted by Crippen LogP contribution is 2.34. The van der Waals surface area contributed by atoms with Crippen LogP contribution >= 0.6 is 22.9 Å². The van der Waals surface area contributed by atoms with Gasteiger partial charge in [0.2, 0.25) is 0 Å². The monoisotopic (exact) mass is 460 g/mol. The molecule has 0 radical (unpaired) electrons. The molecule has 0 spiro atoms. The number of para-hydroxylation sites is 1. The van der Waals surface area contributed by atoms with Crippen molar-refractivity contribution >= 4 is 39.8 Å². The van der Waals surface area contributed by atoms with Crippen LogP contribution in [0.5, 0.6) is 11.5 Å². The number of fused-ring (bicyclic) bond motifs is 1. The number of hydrogen-bond donors (Lipinski definition) is 2. The Hall–Kier alpha value is -3.10. The molecule has 0 fully saturated rings. The summed E-state index contributed by atoms with van der Waals surface area (Å²) in [7, 11) is 0. The average Bonchev–Trinajstić information content (AvgIpc) is 3.11. The lowest BCUT2D eigenvalue weighted by Crippen LogP contribution is -2.24. The molecule has 0 saturated carbocycles. The topological polar surface area (TPSA) is 76.7 Å². The first-order valence-electron chi connectivity index (χ1n) is 9.45. The van der Waals surface area contributed by atoms with Gasteiger partial charge in [0.25, 0.3) is 11.8 Å². The van der Waals surface area contributed by atoms with Crippen LogP contribution in [0.4, 0.5) is 9.39 Å². The third-order valence-corrected chi connectivity index (χ3v) is 6.09. The Kier molecular flexibility index (Phi) is 6.11. The molecular weight excluding hydrogens is 443 g/mol. The number of carbonyl (C=O) groups is 2. The van der Waals surface area contributed by atoms with Gasteiger partial charge in [0.05, 0.1) is 20.5 Å². The third kappa shape index (κ3) is 4.65. The number of rotatable bonds is 5. The number of amides is 2. The molecule has 1 aromatic heterocycles. The van der Waals surface area contributed by atoms with Crippen molar-refractivity contribution in [2.24, 2.45) is 0 Å². The quantitative estimate of drug-likeness (QED) is 0.573. The normalized spacial score (nSPS) is 12.4. The van der Waals surface area contributed by atoms with Gasteiger partial charge in [-0.05, 0) is 42.8 Å². The van der Waals surface area contributed by atoms with E-state index in [9.17, 15) is 14.0 Å². The number of carbonyl (C=O) groups excluding carboxylic acids is 2. The zero-order valence-electron chi connectivity index (χ0n) is 16.5. The van der Waals surface area contributed by atoms with E-state index in [1.807, 2.05) is 18.2 Å². The first kappa shape index (κ1) is 21.1. The lowest BCUT2D eigenvalue weighted by molar-refractivity contribution is 0.0952. The highest BCUT2D eigenvalue weighted by atomic mass is 35.5. The molecule has 0 saturated heterocycles. The van der Waals surface area contributed by atoms with Crippen LogP contribution in [0, 0.1) is 12.7 Å². The minimum absolute atomic E-state index is 0.0149. The van der Waals surface area contributed by atoms with E-state index in [4.69, 9.17) is 21.1 Å². The van der Waals surface area contributed by atoms with Crippen LogP contribution in [0.3, 0.4) is 0 Å². The van der Waals surface area contributed by atoms with Crippen molar-refractivity contribution in [3.63, 3.8) is 0 Å². The fourth-order valence-corrected chi connectivity index (χ4v) is 4.39. The molecule has 0 aliphatic carbocycles. The lowest BCUT2D eigenvalue weighted by atomic mass is 10.1. The first-order chi connectivity index (χ1) is 14.9. The average molecular weight is 461 g/mol. The van der Waals surface area contributed by atoms with Gasteiger partial charge in [0, 0.05) is 12.1 Å². The summed E-state index contributed by atoms with van der Waals surface area (Å²) in [6, 6.07) is 10.8. The zero-order chi connectivity index (χ0) is 22.0. The summed E-state index contributed by atoms with van der Waals surface area (Å²) in [6.45, 7) is 3.01. The van der Waals surface area contributed by atoms with Gasteiger partial charge in [0.15, 0.2) is 11.5 Å². The van der Waals surface area contributed by atoms with Gasteiger partial charge in [-0.3, -0.25) is 9.59 Å². The van der Waals surface area contributed by atoms with Gasteiger partial charge >= 0.3 is 0 Å². The van der Waals surface area contributed by atoms with E-state index >= 15 is 0 Å². The highest BCUT2D eigenvalue weighted by molar-refractivity contribution is 7.18. The zero-order valence-corrected chi connectivity index (χ0v) is 18.0. The van der Waals surface area contributed by atoms with Gasteiger partial charge in [-0.15, -0.1) is 11.3 Å². The molecule has 1 aliphatic rings. The van der Waals surface area contributed by atoms with Gasteiger partial charge < -0.3 is 20.1 Å². The molecule has 3 aromatic rings. The molecule has 2 N–H and O–H groups in total. The number of anilines is 1. The van der Waals surface area contributed by atoms with Crippen LogP contribution in [0.2, 0.25) is 5.02 Å². The molecule has 160 valence electrons. The fourth-order valence-electron chi connectivity index (χ4n) is 3.15. The van der Waals surface area contributed by atoms with E-state index in [0.29, 0.717) is 34.6 Å². The number of ether oxygens (including phenoxy) is 2. The van der Waals surface area contributed by atoms with Crippen molar-refractivity contribution in [3.8, 4) is 11.5 Å². The van der Waals surface area contributed by atoms with Crippen LogP contribution in [-0.4, -0.2) is 25.0 Å². The summed E-state index contributed by atoms with van der Waals surface area (Å²) in [4.78, 5) is 25.6. The predicted molar refractivity (Wildman–Crippen MR) is 117 cm³/mol. The second-order valence-corrected chi connectivity index (χ2v) is 8.28. The summed E-state index contributed by atoms with van der Waals surface area (Å²) < 4.78 is 24.4. The predicted octanol–water partition coefficient (Wildman–Crippen LogP) is 4.80. The molecule has 2 heterocycles. The molecule has 0 atom stereocenters. The van der Waals surface area contributed by atoms with E-state index < -0.39 is 11.7 Å². The van der Waals surface area contributed by atoms with Gasteiger partial charge in [0.1, 0.15) is 19.0 Å². The summed E-state index contributed by atoms with van der Waals surface area (Å²) in [5, 5.41) is 6.09. The molecule has 0 bridgehead atoms. The maximum Gasteiger partial charge on any atom is 0.261 e. The van der Waals surface area contributed by atoms with Crippen LogP contribution < -0.4 is 20.1 Å². The van der Waals surface area contributed by atoms with Crippen LogP contribution in [-0.2, 0) is 6.54 Å². The Balaban J connectivity index is 1.44. The maximum absolute atomic E-state index is 13.2. The van der Waals surface area contributed by atoms with Crippen molar-refractivity contribution in [2.45, 2.75) is 13.5 Å². The maximum atomic E-state index is 13.2. The number of thiophene rings is 1. The molecule has 4 rings (SSSR count). The number of halogens is 2. The number of benzene rings is 2. The Morgan fingerprint density at radius 3 is 2.74 bits per heavy atom. The summed E-state index contributed by atoms with van der Waals surface area (Å²) in [6.07, 6.45) is 0. The van der Waals surface area contributed by atoms with E-state index in [1.54, 1.807) is 13.0 Å². The molecule has 9 heteroatoms. The third-order valence-electron chi connectivity index (χ3n) is 4.62. The molecule has 2 aromatic carbocycles. The number of nitrogens with one attached hydrogen (secondary N) is 2. The minimum atomic E-state index is -0.524. The van der Waals surface area contributed by atoms with E-state index in [0.717, 1.165) is 34.6 Å². The molecule has 1 aliphatic heterocycles. The van der Waals surface area contributed by atoms with Crippen molar-refractivity contribution in [2.75, 3.05) is 18.5 Å². The first-order valence-corrected chi connectivity index (χ1v) is 10.6. The largest absolute Gasteiger partial charge is 0.486 e. The molecule has 2 amide bonds. The molecular formula is C22H18ClFN2O4S. The van der Waals surface area contributed by atoms with Gasteiger partial charge in [-0.2, -0.15) is 0 Å². The smallest absolute Gasteiger partial charge is 0.261 e. The standard InChI is InChI=1S/C22H18ClFN2O4S/c1-12-9-18(26-21(27)15-6-5-14(24)10-16(15)23)31-20(12)22(28)25-11-13-3-2-4-17-19(13)30-8-7-29-17/h2-6,9-10H,7-8,11H2,1H3,(H,25,28)(H,26,27). The van der Waals surface area contributed by atoms with Crippen molar-refractivity contribution in [1.29, 1.82) is 0 Å². The second kappa shape index (κ2) is 8.95. The Labute approximate surface area is 186 Å². The highest BCUT2D eigenvalue weighted by Gasteiger charge is 2.19. The summed E-state index contributed by atoms with van der Waals surface area (Å²) >= 11 is 7.09. The Bertz CT molecular complexity index is 1160. The second-order valence-electron chi connectivity index (χ2n) is 6.83. The number of hydrogen-bond acceptors (Lipinski definition) is 5. The van der Waals surface area contributed by atoms with Crippen molar-refractivity contribution in [1.82, 2.24) is 5.32 Å². The van der Waals surface area contributed by atoms with E-state index in [1.165, 1.54) is 6.07 Å².